The summed E-state index contributed by atoms with van der Waals surface area (Å²) in [6.45, 7) is 1.19. The van der Waals surface area contributed by atoms with Crippen LogP contribution in [-0.2, 0) is 22.4 Å². The SMILES string of the molecule is CN(C)C(=O)C1(Cc2cccc(-c3cncnc3)c2)CCN(C(=O)Cc2ccccc2)CC1. The van der Waals surface area contributed by atoms with E-state index in [1.54, 1.807) is 17.3 Å². The van der Waals surface area contributed by atoms with Crippen molar-refractivity contribution >= 4 is 11.8 Å². The van der Waals surface area contributed by atoms with Crippen molar-refractivity contribution in [3.63, 3.8) is 0 Å². The fraction of sp³-hybridized carbons (Fsp3) is 0.333. The van der Waals surface area contributed by atoms with E-state index < -0.39 is 5.41 Å². The van der Waals surface area contributed by atoms with E-state index in [4.69, 9.17) is 0 Å². The van der Waals surface area contributed by atoms with Crippen molar-refractivity contribution in [3.8, 4) is 11.1 Å². The number of piperidine rings is 1. The number of hydrogen-bond donors (Lipinski definition) is 0. The summed E-state index contributed by atoms with van der Waals surface area (Å²) in [7, 11) is 3.63. The Morgan fingerprint density at radius 2 is 1.58 bits per heavy atom. The lowest BCUT2D eigenvalue weighted by molar-refractivity contribution is -0.146. The first-order chi connectivity index (χ1) is 16.0. The first-order valence-electron chi connectivity index (χ1n) is 11.3. The van der Waals surface area contributed by atoms with Crippen molar-refractivity contribution in [3.05, 3.63) is 84.4 Å². The van der Waals surface area contributed by atoms with Gasteiger partial charge in [0.15, 0.2) is 0 Å². The molecule has 2 aromatic carbocycles. The van der Waals surface area contributed by atoms with Crippen LogP contribution in [0.1, 0.15) is 24.0 Å². The Labute approximate surface area is 195 Å². The van der Waals surface area contributed by atoms with E-state index in [1.807, 2.05) is 61.5 Å². The third-order valence-corrected chi connectivity index (χ3v) is 6.49. The normalized spacial score (nSPS) is 15.2. The molecular weight excluding hydrogens is 412 g/mol. The van der Waals surface area contributed by atoms with Crippen LogP contribution < -0.4 is 0 Å². The molecule has 0 bridgehead atoms. The Morgan fingerprint density at radius 3 is 2.24 bits per heavy atom. The van der Waals surface area contributed by atoms with Crippen molar-refractivity contribution in [1.82, 2.24) is 19.8 Å². The van der Waals surface area contributed by atoms with Gasteiger partial charge in [0.1, 0.15) is 6.33 Å². The van der Waals surface area contributed by atoms with E-state index in [0.29, 0.717) is 38.8 Å². The Balaban J connectivity index is 1.50. The molecule has 0 aliphatic carbocycles. The highest BCUT2D eigenvalue weighted by Crippen LogP contribution is 2.37. The summed E-state index contributed by atoms with van der Waals surface area (Å²) in [5.74, 6) is 0.254. The maximum Gasteiger partial charge on any atom is 0.228 e. The molecule has 6 heteroatoms. The van der Waals surface area contributed by atoms with Crippen LogP contribution in [0.4, 0.5) is 0 Å². The van der Waals surface area contributed by atoms with Crippen LogP contribution in [0.3, 0.4) is 0 Å². The number of nitrogens with zero attached hydrogens (tertiary/aromatic N) is 4. The van der Waals surface area contributed by atoms with Crippen molar-refractivity contribution in [2.75, 3.05) is 27.2 Å². The maximum absolute atomic E-state index is 13.3. The van der Waals surface area contributed by atoms with Gasteiger partial charge in [-0.1, -0.05) is 54.6 Å². The lowest BCUT2D eigenvalue weighted by Gasteiger charge is -2.42. The summed E-state index contributed by atoms with van der Waals surface area (Å²) in [6.07, 6.45) is 7.47. The van der Waals surface area contributed by atoms with Gasteiger partial charge in [0.25, 0.3) is 0 Å². The molecule has 4 rings (SSSR count). The van der Waals surface area contributed by atoms with Gasteiger partial charge in [-0.3, -0.25) is 9.59 Å². The van der Waals surface area contributed by atoms with Gasteiger partial charge in [-0.2, -0.15) is 0 Å². The highest BCUT2D eigenvalue weighted by Gasteiger charge is 2.43. The minimum Gasteiger partial charge on any atom is -0.348 e. The highest BCUT2D eigenvalue weighted by molar-refractivity contribution is 5.84. The van der Waals surface area contributed by atoms with Crippen LogP contribution in [0.5, 0.6) is 0 Å². The number of aromatic nitrogens is 2. The van der Waals surface area contributed by atoms with E-state index in [9.17, 15) is 9.59 Å². The lowest BCUT2D eigenvalue weighted by atomic mass is 9.72. The third-order valence-electron chi connectivity index (χ3n) is 6.49. The minimum absolute atomic E-state index is 0.123. The molecule has 33 heavy (non-hydrogen) atoms. The summed E-state index contributed by atoms with van der Waals surface area (Å²) in [5.41, 5.74) is 3.60. The predicted octanol–water partition coefficient (Wildman–Crippen LogP) is 3.63. The van der Waals surface area contributed by atoms with Crippen molar-refractivity contribution in [2.45, 2.75) is 25.7 Å². The number of rotatable bonds is 6. The first kappa shape index (κ1) is 22.6. The molecule has 170 valence electrons. The number of carbonyl (C=O) groups is 2. The van der Waals surface area contributed by atoms with Gasteiger partial charge in [0.2, 0.25) is 11.8 Å². The average molecular weight is 443 g/mol. The molecule has 2 amide bonds. The van der Waals surface area contributed by atoms with E-state index in [0.717, 1.165) is 22.3 Å². The second-order valence-electron chi connectivity index (χ2n) is 9.03. The van der Waals surface area contributed by atoms with Gasteiger partial charge in [-0.05, 0) is 36.0 Å². The van der Waals surface area contributed by atoms with E-state index >= 15 is 0 Å². The second kappa shape index (κ2) is 9.94. The maximum atomic E-state index is 13.3. The smallest absolute Gasteiger partial charge is 0.228 e. The molecule has 0 atom stereocenters. The molecule has 1 fully saturated rings. The molecule has 1 saturated heterocycles. The fourth-order valence-corrected chi connectivity index (χ4v) is 4.71. The molecule has 0 spiro atoms. The van der Waals surface area contributed by atoms with Crippen LogP contribution in [0.15, 0.2) is 73.3 Å². The molecule has 0 N–H and O–H groups in total. The van der Waals surface area contributed by atoms with Crippen LogP contribution in [0.25, 0.3) is 11.1 Å². The van der Waals surface area contributed by atoms with Crippen LogP contribution >= 0.6 is 0 Å². The van der Waals surface area contributed by atoms with Gasteiger partial charge in [-0.25, -0.2) is 9.97 Å². The van der Waals surface area contributed by atoms with Gasteiger partial charge < -0.3 is 9.80 Å². The number of benzene rings is 2. The lowest BCUT2D eigenvalue weighted by Crippen LogP contribution is -2.51. The Bertz CT molecular complexity index is 1090. The Morgan fingerprint density at radius 1 is 0.909 bits per heavy atom. The second-order valence-corrected chi connectivity index (χ2v) is 9.03. The average Bonchev–Trinajstić information content (AvgIpc) is 2.85. The van der Waals surface area contributed by atoms with Gasteiger partial charge in [0, 0.05) is 45.1 Å². The molecule has 1 aliphatic heterocycles. The van der Waals surface area contributed by atoms with Gasteiger partial charge in [-0.15, -0.1) is 0 Å². The summed E-state index contributed by atoms with van der Waals surface area (Å²) in [6, 6.07) is 18.1. The van der Waals surface area contributed by atoms with Crippen molar-refractivity contribution in [2.24, 2.45) is 5.41 Å². The number of amides is 2. The molecule has 6 nitrogen and oxygen atoms in total. The number of hydrogen-bond acceptors (Lipinski definition) is 4. The molecular formula is C27H30N4O2. The van der Waals surface area contributed by atoms with Crippen molar-refractivity contribution < 1.29 is 9.59 Å². The molecule has 0 unspecified atom stereocenters. The minimum atomic E-state index is -0.515. The van der Waals surface area contributed by atoms with Gasteiger partial charge in [0.05, 0.1) is 11.8 Å². The molecule has 3 aromatic rings. The zero-order valence-corrected chi connectivity index (χ0v) is 19.3. The fourth-order valence-electron chi connectivity index (χ4n) is 4.71. The summed E-state index contributed by atoms with van der Waals surface area (Å²) >= 11 is 0. The monoisotopic (exact) mass is 442 g/mol. The van der Waals surface area contributed by atoms with Crippen LogP contribution in [0, 0.1) is 5.41 Å². The van der Waals surface area contributed by atoms with Crippen LogP contribution in [0.2, 0.25) is 0 Å². The Hall–Kier alpha value is -3.54. The van der Waals surface area contributed by atoms with E-state index in [-0.39, 0.29) is 11.8 Å². The summed E-state index contributed by atoms with van der Waals surface area (Å²) in [5, 5.41) is 0. The third kappa shape index (κ3) is 5.28. The zero-order chi connectivity index (χ0) is 23.3. The van der Waals surface area contributed by atoms with Gasteiger partial charge >= 0.3 is 0 Å². The zero-order valence-electron chi connectivity index (χ0n) is 19.3. The summed E-state index contributed by atoms with van der Waals surface area (Å²) < 4.78 is 0. The summed E-state index contributed by atoms with van der Waals surface area (Å²) in [4.78, 5) is 38.0. The number of carbonyl (C=O) groups excluding carboxylic acids is 2. The predicted molar refractivity (Wildman–Crippen MR) is 128 cm³/mol. The number of likely N-dealkylation sites (tertiary alicyclic amines) is 1. The van der Waals surface area contributed by atoms with Crippen molar-refractivity contribution in [1.29, 1.82) is 0 Å². The molecule has 0 saturated carbocycles. The van der Waals surface area contributed by atoms with Crippen LogP contribution in [-0.4, -0.2) is 58.8 Å². The molecule has 0 radical (unpaired) electrons. The standard InChI is InChI=1S/C27H30N4O2/c1-30(2)26(33)27(17-22-9-6-10-23(15-22)24-18-28-20-29-19-24)11-13-31(14-12-27)25(32)16-21-7-4-3-5-8-21/h3-10,15,18-20H,11-14,16-17H2,1-2H3. The molecule has 1 aromatic heterocycles. The van der Waals surface area contributed by atoms with E-state index in [1.165, 1.54) is 6.33 Å². The highest BCUT2D eigenvalue weighted by atomic mass is 16.2. The Kier molecular flexibility index (Phi) is 6.82. The quantitative estimate of drug-likeness (QED) is 0.585. The largest absolute Gasteiger partial charge is 0.348 e. The van der Waals surface area contributed by atoms with E-state index in [2.05, 4.69) is 22.1 Å². The molecule has 2 heterocycles. The molecule has 1 aliphatic rings. The topological polar surface area (TPSA) is 66.4 Å². The first-order valence-corrected chi connectivity index (χ1v) is 11.3.